The molecule has 1 aliphatic rings. The van der Waals surface area contributed by atoms with Crippen LogP contribution in [-0.2, 0) is 0 Å². The van der Waals surface area contributed by atoms with Crippen molar-refractivity contribution >= 4 is 63.0 Å². The fraction of sp³-hybridized carbons (Fsp3) is 0. The first-order valence-corrected chi connectivity index (χ1v) is 6.96. The van der Waals surface area contributed by atoms with Crippen molar-refractivity contribution in [1.82, 2.24) is 0 Å². The number of halogens is 2. The van der Waals surface area contributed by atoms with Crippen molar-refractivity contribution < 1.29 is 9.85 Å². The smallest absolute Gasteiger partial charge is 0.258 e. The summed E-state index contributed by atoms with van der Waals surface area (Å²) in [5.41, 5.74) is 0.881. The average Bonchev–Trinajstić information content (AvgIpc) is 2.65. The fourth-order valence-electron chi connectivity index (χ4n) is 2.37. The van der Waals surface area contributed by atoms with Crippen LogP contribution in [0.5, 0.6) is 0 Å². The van der Waals surface area contributed by atoms with Gasteiger partial charge in [0, 0.05) is 26.5 Å². The van der Waals surface area contributed by atoms with Gasteiger partial charge in [-0.3, -0.25) is 20.2 Å². The third-order valence-corrected chi connectivity index (χ3v) is 5.36. The number of benzene rings is 2. The third kappa shape index (κ3) is 1.61. The van der Waals surface area contributed by atoms with Crippen LogP contribution in [-0.4, -0.2) is 9.85 Å². The summed E-state index contributed by atoms with van der Waals surface area (Å²) in [6.45, 7) is 0. The molecule has 0 saturated carbocycles. The van der Waals surface area contributed by atoms with Crippen LogP contribution in [0, 0.1) is 20.2 Å². The molecule has 0 unspecified atom stereocenters. The van der Waals surface area contributed by atoms with Gasteiger partial charge in [-0.05, 0) is 55.1 Å². The Hall–Kier alpha value is -1.80. The lowest BCUT2D eigenvalue weighted by molar-refractivity contribution is -0.390. The normalized spacial score (nSPS) is 13.1. The Kier molecular flexibility index (Phi) is 2.87. The molecule has 0 aliphatic heterocycles. The van der Waals surface area contributed by atoms with Crippen molar-refractivity contribution in [2.24, 2.45) is 0 Å². The van der Waals surface area contributed by atoms with Crippen LogP contribution in [0.2, 0.25) is 0 Å². The largest absolute Gasteiger partial charge is 0.284 e. The Bertz CT molecular complexity index is 780. The zero-order valence-electron chi connectivity index (χ0n) is 9.59. The summed E-state index contributed by atoms with van der Waals surface area (Å²) in [4.78, 5) is 21.1. The summed E-state index contributed by atoms with van der Waals surface area (Å²) in [5, 5.41) is 22.9. The van der Waals surface area contributed by atoms with E-state index in [-0.39, 0.29) is 16.8 Å². The van der Waals surface area contributed by atoms with E-state index in [1.165, 1.54) is 12.1 Å². The van der Waals surface area contributed by atoms with E-state index in [0.29, 0.717) is 16.5 Å². The standard InChI is InChI=1S/C12H4Br2N2O4/c13-11-5-1-3-7(15(17)18)10-8(16(19)20)4-2-6(9(5)10)12(11)14/h1-4H. The van der Waals surface area contributed by atoms with Gasteiger partial charge >= 0.3 is 0 Å². The first-order chi connectivity index (χ1) is 9.43. The van der Waals surface area contributed by atoms with E-state index < -0.39 is 9.85 Å². The molecule has 2 aromatic carbocycles. The number of non-ortho nitro benzene ring substituents is 2. The molecule has 0 radical (unpaired) electrons. The lowest BCUT2D eigenvalue weighted by atomic mass is 10.0. The van der Waals surface area contributed by atoms with Gasteiger partial charge in [-0.25, -0.2) is 0 Å². The van der Waals surface area contributed by atoms with Crippen LogP contribution >= 0.6 is 31.9 Å². The van der Waals surface area contributed by atoms with Crippen molar-refractivity contribution in [3.63, 3.8) is 0 Å². The molecule has 2 aromatic rings. The lowest BCUT2D eigenvalue weighted by Gasteiger charge is -2.04. The van der Waals surface area contributed by atoms with Gasteiger partial charge in [0.1, 0.15) is 5.39 Å². The van der Waals surface area contributed by atoms with Gasteiger partial charge in [-0.1, -0.05) is 0 Å². The minimum absolute atomic E-state index is 0.0569. The Balaban J connectivity index is 2.57. The van der Waals surface area contributed by atoms with Crippen molar-refractivity contribution in [2.75, 3.05) is 0 Å². The summed E-state index contributed by atoms with van der Waals surface area (Å²) in [7, 11) is 0. The molecule has 0 amide bonds. The number of nitro groups is 2. The zero-order chi connectivity index (χ0) is 14.6. The highest BCUT2D eigenvalue weighted by Crippen LogP contribution is 2.51. The van der Waals surface area contributed by atoms with Crippen LogP contribution in [0.25, 0.3) is 19.7 Å². The molecule has 3 rings (SSSR count). The van der Waals surface area contributed by atoms with Gasteiger partial charge in [0.15, 0.2) is 0 Å². The van der Waals surface area contributed by atoms with Gasteiger partial charge < -0.3 is 0 Å². The maximum Gasteiger partial charge on any atom is 0.284 e. The van der Waals surface area contributed by atoms with E-state index in [9.17, 15) is 20.2 Å². The van der Waals surface area contributed by atoms with Crippen molar-refractivity contribution in [1.29, 1.82) is 0 Å². The number of hydrogen-bond acceptors (Lipinski definition) is 4. The van der Waals surface area contributed by atoms with Crippen molar-refractivity contribution in [2.45, 2.75) is 0 Å². The minimum Gasteiger partial charge on any atom is -0.258 e. The van der Waals surface area contributed by atoms with Gasteiger partial charge in [0.25, 0.3) is 11.4 Å². The summed E-state index contributed by atoms with van der Waals surface area (Å²) < 4.78 is 1.46. The van der Waals surface area contributed by atoms with Gasteiger partial charge in [-0.2, -0.15) is 0 Å². The predicted octanol–water partition coefficient (Wildman–Crippen LogP) is 4.59. The second-order valence-corrected chi connectivity index (χ2v) is 5.74. The summed E-state index contributed by atoms with van der Waals surface area (Å²) in [6, 6.07) is 5.76. The topological polar surface area (TPSA) is 86.3 Å². The molecule has 0 atom stereocenters. The molecule has 100 valence electrons. The van der Waals surface area contributed by atoms with Gasteiger partial charge in [-0.15, -0.1) is 0 Å². The molecule has 0 aromatic heterocycles. The van der Waals surface area contributed by atoms with E-state index in [0.717, 1.165) is 8.96 Å². The molecule has 6 nitrogen and oxygen atoms in total. The van der Waals surface area contributed by atoms with Crippen LogP contribution < -0.4 is 0 Å². The van der Waals surface area contributed by atoms with E-state index in [4.69, 9.17) is 0 Å². The van der Waals surface area contributed by atoms with Gasteiger partial charge in [0.2, 0.25) is 0 Å². The molecule has 0 bridgehead atoms. The number of nitro benzene ring substituents is 2. The van der Waals surface area contributed by atoms with E-state index in [1.54, 1.807) is 12.1 Å². The average molecular weight is 400 g/mol. The fourth-order valence-corrected chi connectivity index (χ4v) is 3.45. The molecule has 0 heterocycles. The molecule has 0 N–H and O–H groups in total. The van der Waals surface area contributed by atoms with Crippen LogP contribution in [0.15, 0.2) is 24.3 Å². The molecule has 1 aliphatic carbocycles. The number of nitrogens with zero attached hydrogens (tertiary/aromatic N) is 2. The highest BCUT2D eigenvalue weighted by molar-refractivity contribution is 9.18. The molecule has 8 heteroatoms. The summed E-state index contributed by atoms with van der Waals surface area (Å²) in [5.74, 6) is 0. The first-order valence-electron chi connectivity index (χ1n) is 5.38. The molecule has 0 saturated heterocycles. The quantitative estimate of drug-likeness (QED) is 0.546. The van der Waals surface area contributed by atoms with Crippen LogP contribution in [0.1, 0.15) is 11.1 Å². The summed E-state index contributed by atoms with van der Waals surface area (Å²) in [6.07, 6.45) is 0. The van der Waals surface area contributed by atoms with Crippen molar-refractivity contribution in [3.05, 3.63) is 55.6 Å². The predicted molar refractivity (Wildman–Crippen MR) is 81.9 cm³/mol. The highest BCUT2D eigenvalue weighted by Gasteiger charge is 2.31. The van der Waals surface area contributed by atoms with E-state index >= 15 is 0 Å². The maximum absolute atomic E-state index is 11.1. The molecular weight excluding hydrogens is 396 g/mol. The SMILES string of the molecule is O=[N+]([O-])c1ccc2c3c(ccc([N+](=O)[O-])c13)C(Br)=C2Br. The Morgan fingerprint density at radius 2 is 1.15 bits per heavy atom. The Morgan fingerprint density at radius 1 is 0.750 bits per heavy atom. The molecule has 0 fully saturated rings. The number of rotatable bonds is 2. The van der Waals surface area contributed by atoms with Crippen molar-refractivity contribution in [3.8, 4) is 0 Å². The Labute approximate surface area is 128 Å². The Morgan fingerprint density at radius 3 is 1.50 bits per heavy atom. The second kappa shape index (κ2) is 4.35. The third-order valence-electron chi connectivity index (χ3n) is 3.18. The second-order valence-electron chi connectivity index (χ2n) is 4.16. The lowest BCUT2D eigenvalue weighted by Crippen LogP contribution is -1.96. The van der Waals surface area contributed by atoms with E-state index in [2.05, 4.69) is 31.9 Å². The molecular formula is C12H4Br2N2O4. The summed E-state index contributed by atoms with van der Waals surface area (Å²) >= 11 is 6.79. The maximum atomic E-state index is 11.1. The highest BCUT2D eigenvalue weighted by atomic mass is 79.9. The zero-order valence-corrected chi connectivity index (χ0v) is 12.8. The molecule has 0 spiro atoms. The minimum atomic E-state index is -0.601. The molecule has 20 heavy (non-hydrogen) atoms. The monoisotopic (exact) mass is 398 g/mol. The first kappa shape index (κ1) is 13.2. The van der Waals surface area contributed by atoms with Crippen LogP contribution in [0.4, 0.5) is 11.4 Å². The van der Waals surface area contributed by atoms with Gasteiger partial charge in [0.05, 0.1) is 9.85 Å². The van der Waals surface area contributed by atoms with E-state index in [1.807, 2.05) is 0 Å². The van der Waals surface area contributed by atoms with Crippen LogP contribution in [0.3, 0.4) is 0 Å². The number of hydrogen-bond donors (Lipinski definition) is 0.